The van der Waals surface area contributed by atoms with Crippen molar-refractivity contribution >= 4 is 17.8 Å². The lowest BCUT2D eigenvalue weighted by Crippen LogP contribution is -2.55. The summed E-state index contributed by atoms with van der Waals surface area (Å²) in [6, 6.07) is -0.629. The predicted molar refractivity (Wildman–Crippen MR) is 53.5 cm³/mol. The van der Waals surface area contributed by atoms with E-state index in [4.69, 9.17) is 4.74 Å². The van der Waals surface area contributed by atoms with Crippen LogP contribution in [0, 0.1) is 0 Å². The van der Waals surface area contributed by atoms with Gasteiger partial charge in [0.1, 0.15) is 6.42 Å². The SMILES string of the molecule is O=C1CC(=O)N(CC2CCCCO2)C(=O)N1. The Hall–Kier alpha value is -1.43. The molecule has 2 aliphatic heterocycles. The number of carbonyl (C=O) groups is 3. The molecule has 6 heteroatoms. The summed E-state index contributed by atoms with van der Waals surface area (Å²) in [5, 5.41) is 2.12. The van der Waals surface area contributed by atoms with E-state index in [0.29, 0.717) is 6.61 Å². The fourth-order valence-electron chi connectivity index (χ4n) is 1.92. The second-order valence-electron chi connectivity index (χ2n) is 4.02. The topological polar surface area (TPSA) is 75.7 Å². The second kappa shape index (κ2) is 4.61. The molecule has 88 valence electrons. The monoisotopic (exact) mass is 226 g/mol. The molecule has 0 aliphatic carbocycles. The van der Waals surface area contributed by atoms with Gasteiger partial charge in [-0.15, -0.1) is 0 Å². The molecule has 2 saturated heterocycles. The summed E-state index contributed by atoms with van der Waals surface area (Å²) in [5.74, 6) is -0.973. The van der Waals surface area contributed by atoms with Gasteiger partial charge in [-0.05, 0) is 19.3 Å². The van der Waals surface area contributed by atoms with Crippen LogP contribution in [-0.2, 0) is 14.3 Å². The number of carbonyl (C=O) groups excluding carboxylic acids is 3. The van der Waals surface area contributed by atoms with Gasteiger partial charge >= 0.3 is 6.03 Å². The maximum atomic E-state index is 11.5. The zero-order chi connectivity index (χ0) is 11.5. The van der Waals surface area contributed by atoms with Gasteiger partial charge in [0.25, 0.3) is 0 Å². The first-order valence-electron chi connectivity index (χ1n) is 5.42. The van der Waals surface area contributed by atoms with Crippen molar-refractivity contribution in [3.63, 3.8) is 0 Å². The third-order valence-corrected chi connectivity index (χ3v) is 2.76. The summed E-state index contributed by atoms with van der Waals surface area (Å²) in [7, 11) is 0. The van der Waals surface area contributed by atoms with E-state index >= 15 is 0 Å². The van der Waals surface area contributed by atoms with Crippen molar-refractivity contribution in [1.29, 1.82) is 0 Å². The molecule has 0 spiro atoms. The molecule has 2 heterocycles. The average molecular weight is 226 g/mol. The summed E-state index contributed by atoms with van der Waals surface area (Å²) in [6.07, 6.45) is 2.59. The first kappa shape index (κ1) is 11.1. The van der Waals surface area contributed by atoms with Crippen molar-refractivity contribution in [2.45, 2.75) is 31.8 Å². The molecule has 16 heavy (non-hydrogen) atoms. The van der Waals surface area contributed by atoms with Crippen LogP contribution in [0.5, 0.6) is 0 Å². The van der Waals surface area contributed by atoms with Crippen LogP contribution < -0.4 is 5.32 Å². The lowest BCUT2D eigenvalue weighted by molar-refractivity contribution is -0.137. The molecule has 0 bridgehead atoms. The molecule has 0 radical (unpaired) electrons. The van der Waals surface area contributed by atoms with Gasteiger partial charge in [-0.1, -0.05) is 0 Å². The van der Waals surface area contributed by atoms with E-state index in [9.17, 15) is 14.4 Å². The van der Waals surface area contributed by atoms with E-state index in [-0.39, 0.29) is 19.1 Å². The number of barbiturate groups is 1. The predicted octanol–water partition coefficient (Wildman–Crippen LogP) is 0.0240. The molecule has 0 saturated carbocycles. The third-order valence-electron chi connectivity index (χ3n) is 2.76. The minimum atomic E-state index is -0.629. The Morgan fingerprint density at radius 3 is 2.75 bits per heavy atom. The summed E-state index contributed by atoms with van der Waals surface area (Å²) in [4.78, 5) is 34.9. The Labute approximate surface area is 92.9 Å². The Kier molecular flexibility index (Phi) is 3.19. The van der Waals surface area contributed by atoms with Crippen LogP contribution in [0.1, 0.15) is 25.7 Å². The Bertz CT molecular complexity index is 303. The Morgan fingerprint density at radius 1 is 1.31 bits per heavy atom. The van der Waals surface area contributed by atoms with Crippen molar-refractivity contribution in [1.82, 2.24) is 10.2 Å². The lowest BCUT2D eigenvalue weighted by Gasteiger charge is -2.30. The van der Waals surface area contributed by atoms with Crippen LogP contribution in [0.4, 0.5) is 4.79 Å². The van der Waals surface area contributed by atoms with Crippen LogP contribution in [0.2, 0.25) is 0 Å². The number of imide groups is 2. The van der Waals surface area contributed by atoms with Gasteiger partial charge in [0.05, 0.1) is 12.6 Å². The molecule has 4 amide bonds. The molecule has 0 aromatic rings. The molecule has 2 fully saturated rings. The van der Waals surface area contributed by atoms with Gasteiger partial charge in [-0.3, -0.25) is 19.8 Å². The molecule has 0 aromatic heterocycles. The van der Waals surface area contributed by atoms with Crippen molar-refractivity contribution in [3.8, 4) is 0 Å². The Morgan fingerprint density at radius 2 is 2.12 bits per heavy atom. The van der Waals surface area contributed by atoms with Gasteiger partial charge in [0, 0.05) is 6.61 Å². The number of ether oxygens (including phenoxy) is 1. The third kappa shape index (κ3) is 2.38. The fraction of sp³-hybridized carbons (Fsp3) is 0.700. The number of hydrogen-bond acceptors (Lipinski definition) is 4. The Balaban J connectivity index is 1.94. The maximum Gasteiger partial charge on any atom is 0.330 e. The molecule has 2 rings (SSSR count). The molecule has 1 atom stereocenters. The molecule has 0 aromatic carbocycles. The number of amides is 4. The highest BCUT2D eigenvalue weighted by atomic mass is 16.5. The summed E-state index contributed by atoms with van der Waals surface area (Å²) in [6.45, 7) is 0.922. The number of urea groups is 1. The van der Waals surface area contributed by atoms with E-state index in [1.54, 1.807) is 0 Å². The van der Waals surface area contributed by atoms with Crippen LogP contribution in [-0.4, -0.2) is 42.0 Å². The van der Waals surface area contributed by atoms with Crippen LogP contribution in [0.25, 0.3) is 0 Å². The van der Waals surface area contributed by atoms with E-state index in [2.05, 4.69) is 5.32 Å². The van der Waals surface area contributed by atoms with Crippen LogP contribution in [0.3, 0.4) is 0 Å². The molecular weight excluding hydrogens is 212 g/mol. The highest BCUT2D eigenvalue weighted by molar-refractivity contribution is 6.14. The minimum Gasteiger partial charge on any atom is -0.376 e. The standard InChI is InChI=1S/C10H14N2O4/c13-8-5-9(14)12(10(15)11-8)6-7-3-1-2-4-16-7/h7H,1-6H2,(H,11,13,15). The van der Waals surface area contributed by atoms with Crippen molar-refractivity contribution in [2.75, 3.05) is 13.2 Å². The highest BCUT2D eigenvalue weighted by Gasteiger charge is 2.32. The second-order valence-corrected chi connectivity index (χ2v) is 4.02. The number of hydrogen-bond donors (Lipinski definition) is 1. The van der Waals surface area contributed by atoms with Crippen molar-refractivity contribution < 1.29 is 19.1 Å². The normalized spacial score (nSPS) is 26.9. The molecule has 6 nitrogen and oxygen atoms in total. The van der Waals surface area contributed by atoms with Crippen LogP contribution >= 0.6 is 0 Å². The minimum absolute atomic E-state index is 0.0864. The smallest absolute Gasteiger partial charge is 0.330 e. The fourth-order valence-corrected chi connectivity index (χ4v) is 1.92. The zero-order valence-electron chi connectivity index (χ0n) is 8.90. The number of rotatable bonds is 2. The number of nitrogens with one attached hydrogen (secondary N) is 1. The summed E-state index contributed by atoms with van der Waals surface area (Å²) < 4.78 is 5.45. The highest BCUT2D eigenvalue weighted by Crippen LogP contribution is 2.15. The lowest BCUT2D eigenvalue weighted by atomic mass is 10.1. The summed E-state index contributed by atoms with van der Waals surface area (Å²) >= 11 is 0. The van der Waals surface area contributed by atoms with E-state index in [1.165, 1.54) is 0 Å². The van der Waals surface area contributed by atoms with Crippen molar-refractivity contribution in [2.24, 2.45) is 0 Å². The van der Waals surface area contributed by atoms with Crippen molar-refractivity contribution in [3.05, 3.63) is 0 Å². The first-order chi connectivity index (χ1) is 7.66. The van der Waals surface area contributed by atoms with E-state index in [1.807, 2.05) is 0 Å². The molecular formula is C10H14N2O4. The van der Waals surface area contributed by atoms with Gasteiger partial charge in [-0.2, -0.15) is 0 Å². The molecule has 1 N–H and O–H groups in total. The van der Waals surface area contributed by atoms with E-state index in [0.717, 1.165) is 24.2 Å². The molecule has 2 aliphatic rings. The van der Waals surface area contributed by atoms with Gasteiger partial charge < -0.3 is 4.74 Å². The van der Waals surface area contributed by atoms with Gasteiger partial charge in [0.2, 0.25) is 11.8 Å². The largest absolute Gasteiger partial charge is 0.376 e. The zero-order valence-corrected chi connectivity index (χ0v) is 8.90. The van der Waals surface area contributed by atoms with Gasteiger partial charge in [-0.25, -0.2) is 4.79 Å². The van der Waals surface area contributed by atoms with Gasteiger partial charge in [0.15, 0.2) is 0 Å². The first-order valence-corrected chi connectivity index (χ1v) is 5.42. The molecule has 1 unspecified atom stereocenters. The number of nitrogens with zero attached hydrogens (tertiary/aromatic N) is 1. The van der Waals surface area contributed by atoms with Crippen LogP contribution in [0.15, 0.2) is 0 Å². The quantitative estimate of drug-likeness (QED) is 0.674. The average Bonchev–Trinajstić information content (AvgIpc) is 2.25. The summed E-state index contributed by atoms with van der Waals surface area (Å²) in [5.41, 5.74) is 0. The maximum absolute atomic E-state index is 11.5. The van der Waals surface area contributed by atoms with E-state index < -0.39 is 17.8 Å².